The fourth-order valence-electron chi connectivity index (χ4n) is 1.71. The Bertz CT molecular complexity index is 189. The van der Waals surface area contributed by atoms with Crippen LogP contribution >= 0.6 is 0 Å². The van der Waals surface area contributed by atoms with Gasteiger partial charge >= 0.3 is 0 Å². The van der Waals surface area contributed by atoms with Gasteiger partial charge in [0.25, 0.3) is 0 Å². The first kappa shape index (κ1) is 12.5. The molecule has 1 amide bonds. The molecule has 0 bridgehead atoms. The molecule has 0 aliphatic carbocycles. The van der Waals surface area contributed by atoms with Gasteiger partial charge in [0, 0.05) is 13.2 Å². The van der Waals surface area contributed by atoms with Crippen LogP contribution in [0.5, 0.6) is 0 Å². The number of rotatable bonds is 4. The third kappa shape index (κ3) is 4.62. The van der Waals surface area contributed by atoms with Gasteiger partial charge in [-0.2, -0.15) is 0 Å². The third-order valence-electron chi connectivity index (χ3n) is 2.81. The molecular weight excluding hydrogens is 192 g/mol. The summed E-state index contributed by atoms with van der Waals surface area (Å²) in [5.41, 5.74) is 0. The first-order valence-corrected chi connectivity index (χ1v) is 5.86. The number of hydrogen-bond acceptors (Lipinski definition) is 3. The molecule has 1 aliphatic rings. The zero-order valence-electron chi connectivity index (χ0n) is 9.46. The second-order valence-electron chi connectivity index (χ2n) is 4.39. The first-order valence-electron chi connectivity index (χ1n) is 5.86. The molecule has 2 unspecified atom stereocenters. The van der Waals surface area contributed by atoms with Crippen LogP contribution in [0.2, 0.25) is 0 Å². The van der Waals surface area contributed by atoms with E-state index in [1.54, 1.807) is 0 Å². The van der Waals surface area contributed by atoms with E-state index in [2.05, 4.69) is 10.6 Å². The van der Waals surface area contributed by atoms with Crippen molar-refractivity contribution in [3.63, 3.8) is 0 Å². The molecule has 0 aromatic heterocycles. The standard InChI is InChI=1S/C11H22N2O2/c1-9(8-14)7-13-11(15)10-5-3-2-4-6-12-10/h9-10,12,14H,2-8H2,1H3,(H,13,15). The highest BCUT2D eigenvalue weighted by Crippen LogP contribution is 2.08. The summed E-state index contributed by atoms with van der Waals surface area (Å²) in [5, 5.41) is 15.0. The van der Waals surface area contributed by atoms with E-state index in [1.807, 2.05) is 6.92 Å². The number of aliphatic hydroxyl groups is 1. The highest BCUT2D eigenvalue weighted by Gasteiger charge is 2.19. The lowest BCUT2D eigenvalue weighted by molar-refractivity contribution is -0.123. The molecule has 0 spiro atoms. The molecule has 1 aliphatic heterocycles. The van der Waals surface area contributed by atoms with Crippen LogP contribution in [-0.2, 0) is 4.79 Å². The Balaban J connectivity index is 2.25. The van der Waals surface area contributed by atoms with Crippen LogP contribution in [0.1, 0.15) is 32.6 Å². The Morgan fingerprint density at radius 3 is 3.07 bits per heavy atom. The quantitative estimate of drug-likeness (QED) is 0.629. The Labute approximate surface area is 91.4 Å². The van der Waals surface area contributed by atoms with Gasteiger partial charge in [0.2, 0.25) is 5.91 Å². The molecule has 4 nitrogen and oxygen atoms in total. The van der Waals surface area contributed by atoms with Crippen molar-refractivity contribution in [1.82, 2.24) is 10.6 Å². The molecule has 0 aromatic rings. The minimum absolute atomic E-state index is 0.0293. The molecule has 1 saturated heterocycles. The number of amides is 1. The molecule has 0 saturated carbocycles. The van der Waals surface area contributed by atoms with E-state index in [9.17, 15) is 4.79 Å². The van der Waals surface area contributed by atoms with Crippen LogP contribution < -0.4 is 10.6 Å². The van der Waals surface area contributed by atoms with Gasteiger partial charge < -0.3 is 15.7 Å². The third-order valence-corrected chi connectivity index (χ3v) is 2.81. The Kier molecular flexibility index (Phi) is 5.65. The number of hydrogen-bond donors (Lipinski definition) is 3. The minimum atomic E-state index is -0.0293. The number of aliphatic hydroxyl groups excluding tert-OH is 1. The van der Waals surface area contributed by atoms with E-state index < -0.39 is 0 Å². The molecule has 1 heterocycles. The fraction of sp³-hybridized carbons (Fsp3) is 0.909. The molecule has 1 fully saturated rings. The van der Waals surface area contributed by atoms with Gasteiger partial charge in [-0.15, -0.1) is 0 Å². The maximum atomic E-state index is 11.7. The zero-order valence-corrected chi connectivity index (χ0v) is 9.46. The van der Waals surface area contributed by atoms with Gasteiger partial charge in [0.05, 0.1) is 6.04 Å². The van der Waals surface area contributed by atoms with Crippen LogP contribution in [0, 0.1) is 5.92 Å². The van der Waals surface area contributed by atoms with Crippen molar-refractivity contribution in [2.24, 2.45) is 5.92 Å². The maximum Gasteiger partial charge on any atom is 0.237 e. The summed E-state index contributed by atoms with van der Waals surface area (Å²) in [5.74, 6) is 0.219. The summed E-state index contributed by atoms with van der Waals surface area (Å²) < 4.78 is 0. The van der Waals surface area contributed by atoms with Gasteiger partial charge in [-0.3, -0.25) is 4.79 Å². The van der Waals surface area contributed by atoms with Crippen molar-refractivity contribution in [2.45, 2.75) is 38.6 Å². The van der Waals surface area contributed by atoms with Crippen molar-refractivity contribution in [1.29, 1.82) is 0 Å². The summed E-state index contributed by atoms with van der Waals surface area (Å²) >= 11 is 0. The smallest absolute Gasteiger partial charge is 0.237 e. The average molecular weight is 214 g/mol. The lowest BCUT2D eigenvalue weighted by Gasteiger charge is -2.17. The van der Waals surface area contributed by atoms with E-state index in [1.165, 1.54) is 6.42 Å². The van der Waals surface area contributed by atoms with Crippen molar-refractivity contribution in [2.75, 3.05) is 19.7 Å². The van der Waals surface area contributed by atoms with E-state index in [0.29, 0.717) is 6.54 Å². The normalized spacial score (nSPS) is 24.3. The SMILES string of the molecule is CC(CO)CNC(=O)C1CCCCCN1. The second-order valence-corrected chi connectivity index (χ2v) is 4.39. The van der Waals surface area contributed by atoms with E-state index >= 15 is 0 Å². The second kappa shape index (κ2) is 6.80. The Morgan fingerprint density at radius 1 is 1.53 bits per heavy atom. The first-order chi connectivity index (χ1) is 7.24. The van der Waals surface area contributed by atoms with Crippen molar-refractivity contribution in [3.8, 4) is 0 Å². The number of carbonyl (C=O) groups is 1. The summed E-state index contributed by atoms with van der Waals surface area (Å²) in [4.78, 5) is 11.7. The van der Waals surface area contributed by atoms with Crippen molar-refractivity contribution >= 4 is 5.91 Å². The summed E-state index contributed by atoms with van der Waals surface area (Å²) in [6, 6.07) is -0.0293. The molecule has 88 valence electrons. The molecule has 4 heteroatoms. The number of nitrogens with one attached hydrogen (secondary N) is 2. The van der Waals surface area contributed by atoms with Gasteiger partial charge in [-0.25, -0.2) is 0 Å². The summed E-state index contributed by atoms with van der Waals surface area (Å²) in [7, 11) is 0. The molecule has 0 radical (unpaired) electrons. The molecular formula is C11H22N2O2. The molecule has 15 heavy (non-hydrogen) atoms. The van der Waals surface area contributed by atoms with Gasteiger partial charge in [-0.05, 0) is 25.3 Å². The zero-order chi connectivity index (χ0) is 11.1. The van der Waals surface area contributed by atoms with Gasteiger partial charge in [-0.1, -0.05) is 19.8 Å². The summed E-state index contributed by atoms with van der Waals surface area (Å²) in [6.07, 6.45) is 4.43. The summed E-state index contributed by atoms with van der Waals surface area (Å²) in [6.45, 7) is 3.54. The van der Waals surface area contributed by atoms with E-state index in [0.717, 1.165) is 25.8 Å². The van der Waals surface area contributed by atoms with E-state index in [-0.39, 0.29) is 24.5 Å². The lowest BCUT2D eigenvalue weighted by atomic mass is 10.1. The van der Waals surface area contributed by atoms with E-state index in [4.69, 9.17) is 5.11 Å². The van der Waals surface area contributed by atoms with Crippen LogP contribution in [0.3, 0.4) is 0 Å². The minimum Gasteiger partial charge on any atom is -0.396 e. The highest BCUT2D eigenvalue weighted by atomic mass is 16.3. The lowest BCUT2D eigenvalue weighted by Crippen LogP contribution is -2.45. The molecule has 0 aromatic carbocycles. The Hall–Kier alpha value is -0.610. The average Bonchev–Trinajstić information content (AvgIpc) is 2.53. The predicted octanol–water partition coefficient (Wildman–Crippen LogP) is 0.263. The predicted molar refractivity (Wildman–Crippen MR) is 59.5 cm³/mol. The van der Waals surface area contributed by atoms with Gasteiger partial charge in [0.15, 0.2) is 0 Å². The van der Waals surface area contributed by atoms with Crippen LogP contribution in [-0.4, -0.2) is 36.8 Å². The number of carbonyl (C=O) groups excluding carboxylic acids is 1. The molecule has 2 atom stereocenters. The fourth-order valence-corrected chi connectivity index (χ4v) is 1.71. The van der Waals surface area contributed by atoms with Crippen molar-refractivity contribution < 1.29 is 9.90 Å². The van der Waals surface area contributed by atoms with Crippen LogP contribution in [0.25, 0.3) is 0 Å². The molecule has 3 N–H and O–H groups in total. The largest absolute Gasteiger partial charge is 0.396 e. The van der Waals surface area contributed by atoms with Gasteiger partial charge in [0.1, 0.15) is 0 Å². The van der Waals surface area contributed by atoms with Crippen LogP contribution in [0.4, 0.5) is 0 Å². The maximum absolute atomic E-state index is 11.7. The monoisotopic (exact) mass is 214 g/mol. The molecule has 1 rings (SSSR count). The Morgan fingerprint density at radius 2 is 2.33 bits per heavy atom. The van der Waals surface area contributed by atoms with Crippen molar-refractivity contribution in [3.05, 3.63) is 0 Å². The highest BCUT2D eigenvalue weighted by molar-refractivity contribution is 5.81. The van der Waals surface area contributed by atoms with Crippen LogP contribution in [0.15, 0.2) is 0 Å². The topological polar surface area (TPSA) is 61.4 Å².